The van der Waals surface area contributed by atoms with Crippen molar-refractivity contribution in [2.45, 2.75) is 186 Å². The monoisotopic (exact) mass is 1080 g/mol. The highest BCUT2D eigenvalue weighted by Crippen LogP contribution is 2.38. The lowest BCUT2D eigenvalue weighted by atomic mass is 9.78. The highest BCUT2D eigenvalue weighted by molar-refractivity contribution is 14.1. The molecule has 1 aliphatic carbocycles. The van der Waals surface area contributed by atoms with E-state index in [1.54, 1.807) is 41.1 Å². The lowest BCUT2D eigenvalue weighted by Gasteiger charge is -2.42. The molecular formula is C54H84INO13. The quantitative estimate of drug-likeness (QED) is 0.0536. The summed E-state index contributed by atoms with van der Waals surface area (Å²) in [4.78, 5) is 72.3. The summed E-state index contributed by atoms with van der Waals surface area (Å²) in [5.74, 6) is -7.71. The van der Waals surface area contributed by atoms with Gasteiger partial charge in [0.05, 0.1) is 24.4 Å². The van der Waals surface area contributed by atoms with Gasteiger partial charge in [-0.15, -0.1) is 0 Å². The van der Waals surface area contributed by atoms with E-state index in [1.165, 1.54) is 12.0 Å². The van der Waals surface area contributed by atoms with Crippen LogP contribution in [0.15, 0.2) is 47.6 Å². The van der Waals surface area contributed by atoms with Crippen LogP contribution in [0.5, 0.6) is 0 Å². The van der Waals surface area contributed by atoms with Gasteiger partial charge < -0.3 is 43.5 Å². The van der Waals surface area contributed by atoms with Crippen LogP contribution in [-0.4, -0.2) is 138 Å². The van der Waals surface area contributed by atoms with Crippen molar-refractivity contribution in [1.82, 2.24) is 4.90 Å². The first-order valence-corrected chi connectivity index (χ1v) is 27.0. The number of ketones is 3. The van der Waals surface area contributed by atoms with Gasteiger partial charge in [-0.2, -0.15) is 0 Å². The molecule has 3 fully saturated rings. The Morgan fingerprint density at radius 2 is 1.61 bits per heavy atom. The Morgan fingerprint density at radius 1 is 0.870 bits per heavy atom. The van der Waals surface area contributed by atoms with Crippen LogP contribution in [0.3, 0.4) is 0 Å². The van der Waals surface area contributed by atoms with Crippen LogP contribution >= 0.6 is 22.6 Å². The fourth-order valence-electron chi connectivity index (χ4n) is 10.6. The number of aliphatic hydroxyl groups excluding tert-OH is 1. The third kappa shape index (κ3) is 16.4. The average Bonchev–Trinajstić information content (AvgIpc) is 3.33. The number of fused-ring (bicyclic) bond motifs is 3. The largest absolute Gasteiger partial charge is 0.460 e. The van der Waals surface area contributed by atoms with E-state index in [-0.39, 0.29) is 60.9 Å². The molecule has 2 saturated heterocycles. The lowest BCUT2D eigenvalue weighted by Crippen LogP contribution is -2.61. The zero-order chi connectivity index (χ0) is 51.0. The summed E-state index contributed by atoms with van der Waals surface area (Å²) < 4.78 is 37.1. The second kappa shape index (κ2) is 28.6. The van der Waals surface area contributed by atoms with Gasteiger partial charge in [0.15, 0.2) is 5.78 Å². The summed E-state index contributed by atoms with van der Waals surface area (Å²) in [6.07, 6.45) is 13.8. The molecule has 0 aromatic rings. The van der Waals surface area contributed by atoms with Crippen LogP contribution in [0.25, 0.3) is 0 Å². The molecule has 1 unspecified atom stereocenters. The summed E-state index contributed by atoms with van der Waals surface area (Å²) in [5, 5.41) is 23.5. The summed E-state index contributed by atoms with van der Waals surface area (Å²) in [5.41, 5.74) is 1.29. The van der Waals surface area contributed by atoms with E-state index in [4.69, 9.17) is 28.4 Å². The van der Waals surface area contributed by atoms with Gasteiger partial charge in [-0.3, -0.25) is 19.2 Å². The minimum Gasteiger partial charge on any atom is -0.460 e. The Hall–Kier alpha value is -2.64. The molecule has 15 heteroatoms. The number of methoxy groups -OCH3 is 3. The van der Waals surface area contributed by atoms with Crippen molar-refractivity contribution in [3.05, 3.63) is 47.6 Å². The zero-order valence-corrected chi connectivity index (χ0v) is 45.2. The molecule has 3 aliphatic heterocycles. The fourth-order valence-corrected chi connectivity index (χ4v) is 10.9. The lowest BCUT2D eigenvalue weighted by molar-refractivity contribution is -0.265. The second-order valence-electron chi connectivity index (χ2n) is 20.5. The molecular weight excluding hydrogens is 997 g/mol. The number of aliphatic hydroxyl groups is 2. The number of Topliss-reactive ketones (excluding diaryl/α,β-unsaturated/α-hetero) is 3. The summed E-state index contributed by atoms with van der Waals surface area (Å²) >= 11 is 2.34. The topological polar surface area (TPSA) is 184 Å². The molecule has 14 nitrogen and oxygen atoms in total. The Kier molecular flexibility index (Phi) is 24.4. The molecule has 4 aliphatic rings. The Balaban J connectivity index is 1.69. The first kappa shape index (κ1) is 58.9. The number of hydrogen-bond acceptors (Lipinski definition) is 13. The predicted molar refractivity (Wildman–Crippen MR) is 272 cm³/mol. The highest BCUT2D eigenvalue weighted by Gasteiger charge is 2.53. The third-order valence-electron chi connectivity index (χ3n) is 15.1. The van der Waals surface area contributed by atoms with Crippen molar-refractivity contribution < 1.29 is 62.6 Å². The number of carbonyl (C=O) groups is 5. The number of allylic oxidation sites excluding steroid dienone is 6. The number of hydrogen-bond donors (Lipinski definition) is 2. The van der Waals surface area contributed by atoms with Gasteiger partial charge in [-0.25, -0.2) is 4.79 Å². The first-order valence-electron chi connectivity index (χ1n) is 25.5. The normalized spacial score (nSPS) is 37.6. The van der Waals surface area contributed by atoms with Gasteiger partial charge in [0.25, 0.3) is 11.7 Å². The minimum atomic E-state index is -2.42. The van der Waals surface area contributed by atoms with E-state index in [0.717, 1.165) is 35.7 Å². The minimum absolute atomic E-state index is 0.0166. The highest BCUT2D eigenvalue weighted by atomic mass is 127. The molecule has 15 atom stereocenters. The molecule has 1 saturated carbocycles. The van der Waals surface area contributed by atoms with Gasteiger partial charge in [-0.1, -0.05) is 93.7 Å². The number of cyclic esters (lactones) is 1. The number of halogens is 1. The van der Waals surface area contributed by atoms with Crippen molar-refractivity contribution in [3.63, 3.8) is 0 Å². The maximum absolute atomic E-state index is 14.5. The predicted octanol–water partition coefficient (Wildman–Crippen LogP) is 8.03. The number of esters is 1. The van der Waals surface area contributed by atoms with Crippen LogP contribution in [0.1, 0.15) is 132 Å². The Morgan fingerprint density at radius 3 is 2.29 bits per heavy atom. The van der Waals surface area contributed by atoms with Crippen molar-refractivity contribution in [1.29, 1.82) is 0 Å². The van der Waals surface area contributed by atoms with E-state index in [1.807, 2.05) is 58.1 Å². The molecule has 69 heavy (non-hydrogen) atoms. The number of rotatable bonds is 10. The Labute approximate surface area is 425 Å². The molecule has 0 radical (unpaired) electrons. The number of alkyl halides is 1. The second-order valence-corrected chi connectivity index (χ2v) is 21.6. The molecule has 0 aromatic heterocycles. The number of nitrogens with zero attached hydrogens (tertiary/aromatic N) is 1. The molecule has 390 valence electrons. The van der Waals surface area contributed by atoms with E-state index >= 15 is 0 Å². The van der Waals surface area contributed by atoms with Gasteiger partial charge in [0.2, 0.25) is 5.79 Å². The number of carbonyl (C=O) groups excluding carboxylic acids is 5. The molecule has 1 amide bonds. The van der Waals surface area contributed by atoms with Crippen LogP contribution in [-0.2, 0) is 52.4 Å². The summed E-state index contributed by atoms with van der Waals surface area (Å²) in [6.45, 7) is 13.6. The first-order chi connectivity index (χ1) is 32.8. The maximum Gasteiger partial charge on any atom is 0.329 e. The van der Waals surface area contributed by atoms with Crippen LogP contribution in [0.4, 0.5) is 0 Å². The maximum atomic E-state index is 14.5. The molecule has 2 N–H and O–H groups in total. The molecule has 4 rings (SSSR count). The molecule has 2 bridgehead atoms. The SMILES string of the molecule is CO[C@H]1C[C@@H]2CC[C@@H](C)[C@@](O)(O2)C(=O)C(=O)N2CCCC[C@H]2C(=O)O[C@H](C(C)C[C@@H]2CC[C@@H](OCCCI)[C@H](OC)C2)CC(=O)[C@H](C)/C=C(\C)[C@@H](O)[C@@H](OC)C(=O)[C@H](C)C[C@H](C)/C=C/C=CC=C1C. The third-order valence-corrected chi connectivity index (χ3v) is 15.8. The van der Waals surface area contributed by atoms with E-state index < -0.39 is 77.8 Å². The van der Waals surface area contributed by atoms with Crippen LogP contribution in [0, 0.1) is 35.5 Å². The van der Waals surface area contributed by atoms with Crippen molar-refractivity contribution in [3.8, 4) is 0 Å². The smallest absolute Gasteiger partial charge is 0.329 e. The van der Waals surface area contributed by atoms with Gasteiger partial charge in [-0.05, 0) is 113 Å². The van der Waals surface area contributed by atoms with E-state index in [9.17, 15) is 34.2 Å². The standard InChI is InChI=1S/C54H84INO13/c1-33-17-12-11-13-18-34(2)45(64-8)31-41-22-20-39(7)54(63,69-41)51(60)52(61)56-25-15-14-19-42(56)53(62)68-46(36(4)29-40-21-23-44(47(30-40)65-9)67-26-16-24-55)32-43(57)35(3)28-38(6)49(59)50(66-10)48(58)37(5)27-33/h11-13,17-18,28,33,35-37,39-42,44-47,49-50,59,63H,14-16,19-27,29-32H2,1-10H3/b13-11?,17-12+,34-18?,38-28+/t33-,35-,36?,37-,39-,40+,41+,42+,44-,45+,46+,47-,49-,50+,54-/m1/s1. The number of ether oxygens (including phenoxy) is 6. The van der Waals surface area contributed by atoms with Gasteiger partial charge >= 0.3 is 5.97 Å². The molecule has 0 aromatic carbocycles. The molecule has 0 spiro atoms. The summed E-state index contributed by atoms with van der Waals surface area (Å²) in [7, 11) is 4.67. The average molecular weight is 1080 g/mol. The number of piperidine rings is 1. The number of amides is 1. The van der Waals surface area contributed by atoms with Crippen LogP contribution < -0.4 is 0 Å². The molecule has 3 heterocycles. The van der Waals surface area contributed by atoms with Crippen LogP contribution in [0.2, 0.25) is 0 Å². The Bertz CT molecular complexity index is 1830. The van der Waals surface area contributed by atoms with Gasteiger partial charge in [0, 0.05) is 69.5 Å². The van der Waals surface area contributed by atoms with Gasteiger partial charge in [0.1, 0.15) is 30.1 Å². The fraction of sp³-hybridized carbons (Fsp3) is 0.759. The van der Waals surface area contributed by atoms with Crippen molar-refractivity contribution in [2.24, 2.45) is 35.5 Å². The van der Waals surface area contributed by atoms with E-state index in [2.05, 4.69) is 22.6 Å². The zero-order valence-electron chi connectivity index (χ0n) is 43.1. The van der Waals surface area contributed by atoms with Crippen molar-refractivity contribution >= 4 is 51.8 Å². The van der Waals surface area contributed by atoms with E-state index in [0.29, 0.717) is 57.1 Å². The summed E-state index contributed by atoms with van der Waals surface area (Å²) in [6, 6.07) is -1.13. The van der Waals surface area contributed by atoms with Crippen molar-refractivity contribution in [2.75, 3.05) is 38.9 Å².